The zero-order chi connectivity index (χ0) is 26.6. The molecule has 3 aromatic rings. The molecule has 0 saturated carbocycles. The van der Waals surface area contributed by atoms with E-state index in [1.807, 2.05) is 49.4 Å². The van der Waals surface area contributed by atoms with Crippen molar-refractivity contribution in [1.29, 1.82) is 0 Å². The normalized spacial score (nSPS) is 13.4. The van der Waals surface area contributed by atoms with Gasteiger partial charge in [0, 0.05) is 42.3 Å². The summed E-state index contributed by atoms with van der Waals surface area (Å²) in [6.07, 6.45) is 0.697. The molecule has 1 fully saturated rings. The molecule has 3 aromatic carbocycles. The summed E-state index contributed by atoms with van der Waals surface area (Å²) in [4.78, 5) is 14.2. The summed E-state index contributed by atoms with van der Waals surface area (Å²) in [6.45, 7) is 6.49. The maximum absolute atomic E-state index is 10.8. The van der Waals surface area contributed by atoms with E-state index in [0.717, 1.165) is 65.9 Å². The Bertz CT molecular complexity index is 1260. The molecule has 0 unspecified atom stereocenters. The lowest BCUT2D eigenvalue weighted by atomic mass is 10.1. The van der Waals surface area contributed by atoms with Crippen LogP contribution in [-0.4, -0.2) is 62.0 Å². The van der Waals surface area contributed by atoms with Gasteiger partial charge in [0.05, 0.1) is 13.2 Å². The van der Waals surface area contributed by atoms with Gasteiger partial charge < -0.3 is 19.3 Å². The first kappa shape index (κ1) is 27.6. The molecule has 7 heteroatoms. The Kier molecular flexibility index (Phi) is 10.5. The summed E-state index contributed by atoms with van der Waals surface area (Å²) in [7, 11) is 0. The largest absolute Gasteiger partial charge is 0.492 e. The molecule has 1 aliphatic heterocycles. The van der Waals surface area contributed by atoms with Crippen LogP contribution in [0.4, 0.5) is 0 Å². The number of carboxylic acids is 1. The number of carbonyl (C=O) groups is 1. The monoisotopic (exact) mass is 531 g/mol. The van der Waals surface area contributed by atoms with Gasteiger partial charge in [-0.2, -0.15) is 0 Å². The van der Waals surface area contributed by atoms with Crippen LogP contribution < -0.4 is 9.47 Å². The number of carboxylic acid groups (broad SMARTS) is 1. The number of hydrogen-bond donors (Lipinski definition) is 1. The highest BCUT2D eigenvalue weighted by molar-refractivity contribution is 7.98. The minimum atomic E-state index is -0.988. The molecule has 0 bridgehead atoms. The number of benzene rings is 3. The first-order chi connectivity index (χ1) is 18.5. The standard InChI is InChI=1S/C31H33NO5S/c1-24-18-29(10-11-30(24)37-22-31(33)34)38-23-27-19-26(9-5-8-25-6-3-2-4-7-25)20-28(21-27)36-17-14-32-12-15-35-16-13-32/h2-4,6-7,10-11,18-21H,8,12-17,22-23H2,1H3,(H,33,34). The number of hydrogen-bond acceptors (Lipinski definition) is 6. The number of aliphatic carboxylic acids is 1. The van der Waals surface area contributed by atoms with E-state index in [4.69, 9.17) is 19.3 Å². The van der Waals surface area contributed by atoms with E-state index < -0.39 is 5.97 Å². The number of morpholine rings is 1. The lowest BCUT2D eigenvalue weighted by Crippen LogP contribution is -2.38. The summed E-state index contributed by atoms with van der Waals surface area (Å²) in [5, 5.41) is 8.85. The van der Waals surface area contributed by atoms with Crippen molar-refractivity contribution in [1.82, 2.24) is 4.90 Å². The van der Waals surface area contributed by atoms with Gasteiger partial charge in [-0.1, -0.05) is 42.2 Å². The van der Waals surface area contributed by atoms with Gasteiger partial charge in [0.2, 0.25) is 0 Å². The second-order valence-corrected chi connectivity index (χ2v) is 10.1. The molecule has 1 aliphatic rings. The highest BCUT2D eigenvalue weighted by Crippen LogP contribution is 2.29. The second kappa shape index (κ2) is 14.5. The fourth-order valence-electron chi connectivity index (χ4n) is 4.04. The topological polar surface area (TPSA) is 68.2 Å². The van der Waals surface area contributed by atoms with Crippen molar-refractivity contribution in [2.75, 3.05) is 46.1 Å². The van der Waals surface area contributed by atoms with Gasteiger partial charge in [-0.05, 0) is 60.0 Å². The van der Waals surface area contributed by atoms with Crippen LogP contribution in [-0.2, 0) is 21.7 Å². The Morgan fingerprint density at radius 2 is 1.84 bits per heavy atom. The van der Waals surface area contributed by atoms with Gasteiger partial charge in [-0.3, -0.25) is 4.90 Å². The summed E-state index contributed by atoms with van der Waals surface area (Å²) >= 11 is 1.71. The van der Waals surface area contributed by atoms with Crippen molar-refractivity contribution < 1.29 is 24.1 Å². The predicted octanol–water partition coefficient (Wildman–Crippen LogP) is 5.06. The molecule has 1 saturated heterocycles. The van der Waals surface area contributed by atoms with E-state index in [0.29, 0.717) is 18.8 Å². The van der Waals surface area contributed by atoms with Crippen molar-refractivity contribution in [3.05, 3.63) is 89.0 Å². The minimum Gasteiger partial charge on any atom is -0.492 e. The molecule has 1 N–H and O–H groups in total. The third-order valence-corrected chi connectivity index (χ3v) is 7.08. The smallest absolute Gasteiger partial charge is 0.341 e. The summed E-state index contributed by atoms with van der Waals surface area (Å²) in [5.74, 6) is 7.80. The van der Waals surface area contributed by atoms with Crippen LogP contribution in [0.25, 0.3) is 0 Å². The number of thioether (sulfide) groups is 1. The molecule has 0 aromatic heterocycles. The molecule has 1 heterocycles. The molecule has 6 nitrogen and oxygen atoms in total. The third kappa shape index (κ3) is 9.14. The van der Waals surface area contributed by atoms with Crippen LogP contribution in [0.15, 0.2) is 71.6 Å². The van der Waals surface area contributed by atoms with Crippen LogP contribution in [0.2, 0.25) is 0 Å². The maximum atomic E-state index is 10.8. The fourth-order valence-corrected chi connectivity index (χ4v) is 4.97. The molecular weight excluding hydrogens is 498 g/mol. The molecule has 0 aliphatic carbocycles. The average molecular weight is 532 g/mol. The molecule has 198 valence electrons. The Hall–Kier alpha value is -3.44. The van der Waals surface area contributed by atoms with Gasteiger partial charge in [0.1, 0.15) is 18.1 Å². The minimum absolute atomic E-state index is 0.347. The van der Waals surface area contributed by atoms with E-state index >= 15 is 0 Å². The Morgan fingerprint density at radius 3 is 2.61 bits per heavy atom. The van der Waals surface area contributed by atoms with E-state index in [-0.39, 0.29) is 6.61 Å². The lowest BCUT2D eigenvalue weighted by molar-refractivity contribution is -0.139. The van der Waals surface area contributed by atoms with Crippen LogP contribution in [0.1, 0.15) is 22.3 Å². The number of nitrogens with zero attached hydrogens (tertiary/aromatic N) is 1. The Balaban J connectivity index is 1.43. The third-order valence-electron chi connectivity index (χ3n) is 6.02. The molecule has 0 radical (unpaired) electrons. The van der Waals surface area contributed by atoms with E-state index in [1.54, 1.807) is 11.8 Å². The van der Waals surface area contributed by atoms with Crippen LogP contribution in [0.3, 0.4) is 0 Å². The Morgan fingerprint density at radius 1 is 1.03 bits per heavy atom. The molecule has 0 spiro atoms. The van der Waals surface area contributed by atoms with Gasteiger partial charge in [-0.15, -0.1) is 11.8 Å². The van der Waals surface area contributed by atoms with Crippen LogP contribution in [0, 0.1) is 18.8 Å². The van der Waals surface area contributed by atoms with Crippen LogP contribution >= 0.6 is 11.8 Å². The molecule has 38 heavy (non-hydrogen) atoms. The van der Waals surface area contributed by atoms with Crippen molar-refractivity contribution in [3.8, 4) is 23.3 Å². The first-order valence-electron chi connectivity index (χ1n) is 12.7. The zero-order valence-corrected chi connectivity index (χ0v) is 22.5. The zero-order valence-electron chi connectivity index (χ0n) is 21.7. The van der Waals surface area contributed by atoms with E-state index in [1.165, 1.54) is 5.56 Å². The SMILES string of the molecule is Cc1cc(SCc2cc(C#CCc3ccccc3)cc(OCCN3CCOCC3)c2)ccc1OCC(=O)O. The predicted molar refractivity (Wildman–Crippen MR) is 150 cm³/mol. The fraction of sp³-hybridized carbons (Fsp3) is 0.323. The van der Waals surface area contributed by atoms with Gasteiger partial charge >= 0.3 is 5.97 Å². The van der Waals surface area contributed by atoms with E-state index in [9.17, 15) is 4.79 Å². The van der Waals surface area contributed by atoms with Crippen LogP contribution in [0.5, 0.6) is 11.5 Å². The van der Waals surface area contributed by atoms with Gasteiger partial charge in [-0.25, -0.2) is 4.79 Å². The molecule has 4 rings (SSSR count). The van der Waals surface area contributed by atoms with Gasteiger partial charge in [0.25, 0.3) is 0 Å². The lowest BCUT2D eigenvalue weighted by Gasteiger charge is -2.26. The van der Waals surface area contributed by atoms with Crippen molar-refractivity contribution in [2.24, 2.45) is 0 Å². The summed E-state index contributed by atoms with van der Waals surface area (Å²) in [6, 6.07) is 22.3. The quantitative estimate of drug-likeness (QED) is 0.274. The summed E-state index contributed by atoms with van der Waals surface area (Å²) in [5.41, 5.74) is 4.17. The Labute approximate surface area is 228 Å². The maximum Gasteiger partial charge on any atom is 0.341 e. The highest BCUT2D eigenvalue weighted by atomic mass is 32.2. The van der Waals surface area contributed by atoms with E-state index in [2.05, 4.69) is 41.0 Å². The van der Waals surface area contributed by atoms with Crippen molar-refractivity contribution in [2.45, 2.75) is 24.0 Å². The molecular formula is C31H33NO5S. The molecule has 0 amide bonds. The second-order valence-electron chi connectivity index (χ2n) is 9.03. The number of rotatable bonds is 11. The average Bonchev–Trinajstić information content (AvgIpc) is 2.92. The number of aryl methyl sites for hydroxylation is 1. The van der Waals surface area contributed by atoms with Gasteiger partial charge in [0.15, 0.2) is 6.61 Å². The summed E-state index contributed by atoms with van der Waals surface area (Å²) < 4.78 is 16.9. The molecule has 0 atom stereocenters. The number of ether oxygens (including phenoxy) is 3. The highest BCUT2D eigenvalue weighted by Gasteiger charge is 2.11. The van der Waals surface area contributed by atoms with Crippen molar-refractivity contribution >= 4 is 17.7 Å². The van der Waals surface area contributed by atoms with Crippen molar-refractivity contribution in [3.63, 3.8) is 0 Å². The first-order valence-corrected chi connectivity index (χ1v) is 13.7.